The van der Waals surface area contributed by atoms with E-state index in [-0.39, 0.29) is 30.6 Å². The molecule has 2 heterocycles. The number of halogens is 2. The maximum absolute atomic E-state index is 13.0. The van der Waals surface area contributed by atoms with Crippen LogP contribution in [-0.2, 0) is 0 Å². The van der Waals surface area contributed by atoms with Gasteiger partial charge in [-0.05, 0) is 47.2 Å². The summed E-state index contributed by atoms with van der Waals surface area (Å²) in [7, 11) is 4.00. The number of ketones is 1. The molecule has 2 aromatic carbocycles. The van der Waals surface area contributed by atoms with Crippen LogP contribution in [0, 0.1) is 5.92 Å². The highest BCUT2D eigenvalue weighted by atomic mass is 35.5. The summed E-state index contributed by atoms with van der Waals surface area (Å²) in [5, 5.41) is 3.32. The summed E-state index contributed by atoms with van der Waals surface area (Å²) in [4.78, 5) is 17.4. The van der Waals surface area contributed by atoms with E-state index in [4.69, 9.17) is 0 Å². The Labute approximate surface area is 172 Å². The molecule has 6 heteroatoms. The quantitative estimate of drug-likeness (QED) is 0.706. The van der Waals surface area contributed by atoms with Crippen molar-refractivity contribution in [2.45, 2.75) is 0 Å². The normalized spacial score (nSPS) is 18.6. The third-order valence-corrected chi connectivity index (χ3v) is 5.66. The van der Waals surface area contributed by atoms with Crippen molar-refractivity contribution in [2.75, 3.05) is 43.5 Å². The molecule has 1 N–H and O–H groups in total. The first-order valence-corrected chi connectivity index (χ1v) is 8.79. The lowest BCUT2D eigenvalue weighted by Gasteiger charge is -2.19. The lowest BCUT2D eigenvalue weighted by Crippen LogP contribution is -2.23. The minimum atomic E-state index is 0. The van der Waals surface area contributed by atoms with E-state index in [2.05, 4.69) is 46.7 Å². The molecule has 5 rings (SSSR count). The van der Waals surface area contributed by atoms with Crippen molar-refractivity contribution in [1.82, 2.24) is 5.32 Å². The van der Waals surface area contributed by atoms with E-state index in [0.29, 0.717) is 5.92 Å². The van der Waals surface area contributed by atoms with Crippen LogP contribution in [0.1, 0.15) is 15.9 Å². The van der Waals surface area contributed by atoms with E-state index in [1.165, 1.54) is 5.57 Å². The molecule has 1 unspecified atom stereocenters. The summed E-state index contributed by atoms with van der Waals surface area (Å²) in [6.07, 6.45) is 2.15. The molecule has 1 saturated heterocycles. The summed E-state index contributed by atoms with van der Waals surface area (Å²) in [6, 6.07) is 12.5. The van der Waals surface area contributed by atoms with E-state index >= 15 is 0 Å². The van der Waals surface area contributed by atoms with Gasteiger partial charge in [-0.3, -0.25) is 4.79 Å². The Morgan fingerprint density at radius 3 is 2.41 bits per heavy atom. The third kappa shape index (κ3) is 2.97. The molecule has 0 aromatic heterocycles. The van der Waals surface area contributed by atoms with Crippen LogP contribution in [0.25, 0.3) is 11.1 Å². The number of carbonyl (C=O) groups excluding carboxylic acids is 1. The molecule has 1 aliphatic carbocycles. The van der Waals surface area contributed by atoms with Crippen molar-refractivity contribution < 1.29 is 4.79 Å². The van der Waals surface area contributed by atoms with E-state index in [9.17, 15) is 4.79 Å². The Balaban J connectivity index is 0.00000105. The van der Waals surface area contributed by atoms with E-state index in [1.54, 1.807) is 0 Å². The van der Waals surface area contributed by atoms with Gasteiger partial charge in [0, 0.05) is 62.1 Å². The van der Waals surface area contributed by atoms with Gasteiger partial charge in [-0.1, -0.05) is 12.1 Å². The molecule has 142 valence electrons. The van der Waals surface area contributed by atoms with Crippen LogP contribution in [0.15, 0.2) is 48.2 Å². The summed E-state index contributed by atoms with van der Waals surface area (Å²) >= 11 is 0. The van der Waals surface area contributed by atoms with Crippen LogP contribution in [0.4, 0.5) is 11.4 Å². The topological polar surface area (TPSA) is 35.6 Å². The minimum Gasteiger partial charge on any atom is -0.390 e. The second-order valence-corrected chi connectivity index (χ2v) is 7.39. The van der Waals surface area contributed by atoms with Crippen LogP contribution < -0.4 is 15.1 Å². The predicted octanol–water partition coefficient (Wildman–Crippen LogP) is 3.73. The number of benzene rings is 2. The molecular formula is C21H23Cl2N3O. The van der Waals surface area contributed by atoms with Gasteiger partial charge in [0.15, 0.2) is 5.78 Å². The Bertz CT molecular complexity index is 939. The summed E-state index contributed by atoms with van der Waals surface area (Å²) in [6.45, 7) is 3.03. The Morgan fingerprint density at radius 2 is 1.70 bits per heavy atom. The second-order valence-electron chi connectivity index (χ2n) is 7.39. The van der Waals surface area contributed by atoms with E-state index in [0.717, 1.165) is 53.3 Å². The molecule has 2 aromatic rings. The first-order valence-electron chi connectivity index (χ1n) is 8.79. The standard InChI is InChI=1S/C21H21N3O.2ClH/c1-23(2)15-3-5-17-18-6-4-16(8-20(18)21(25)19(17)7-15)24-11-13-9-22-10-14(13)12-24;;/h3-9,14,22H,10-12H2,1-2H3;2*1H. The van der Waals surface area contributed by atoms with Gasteiger partial charge >= 0.3 is 0 Å². The molecular weight excluding hydrogens is 381 g/mol. The monoisotopic (exact) mass is 403 g/mol. The molecule has 2 aliphatic heterocycles. The molecule has 4 nitrogen and oxygen atoms in total. The van der Waals surface area contributed by atoms with Crippen molar-refractivity contribution in [1.29, 1.82) is 0 Å². The molecule has 0 radical (unpaired) electrons. The van der Waals surface area contributed by atoms with Gasteiger partial charge in [-0.15, -0.1) is 24.8 Å². The molecule has 0 spiro atoms. The van der Waals surface area contributed by atoms with Gasteiger partial charge < -0.3 is 15.1 Å². The fourth-order valence-corrected chi connectivity index (χ4v) is 4.22. The van der Waals surface area contributed by atoms with Crippen molar-refractivity contribution in [3.05, 3.63) is 59.3 Å². The van der Waals surface area contributed by atoms with Crippen molar-refractivity contribution in [2.24, 2.45) is 5.92 Å². The van der Waals surface area contributed by atoms with Crippen LogP contribution in [0.2, 0.25) is 0 Å². The van der Waals surface area contributed by atoms with Gasteiger partial charge in [0.25, 0.3) is 0 Å². The van der Waals surface area contributed by atoms with Crippen molar-refractivity contribution >= 4 is 42.0 Å². The number of fused-ring (bicyclic) bond motifs is 4. The number of hydrogen-bond acceptors (Lipinski definition) is 4. The fraction of sp³-hybridized carbons (Fsp3) is 0.286. The number of nitrogens with zero attached hydrogens (tertiary/aromatic N) is 2. The van der Waals surface area contributed by atoms with Gasteiger partial charge in [0.1, 0.15) is 0 Å². The lowest BCUT2D eigenvalue weighted by molar-refractivity contribution is 0.104. The van der Waals surface area contributed by atoms with Crippen LogP contribution >= 0.6 is 24.8 Å². The minimum absolute atomic E-state index is 0. The Morgan fingerprint density at radius 1 is 1.00 bits per heavy atom. The van der Waals surface area contributed by atoms with Crippen molar-refractivity contribution in [3.8, 4) is 11.1 Å². The number of hydrogen-bond donors (Lipinski definition) is 1. The van der Waals surface area contributed by atoms with E-state index < -0.39 is 0 Å². The first kappa shape index (κ1) is 19.6. The first-order chi connectivity index (χ1) is 12.1. The smallest absolute Gasteiger partial charge is 0.194 e. The molecule has 0 bridgehead atoms. The zero-order valence-corrected chi connectivity index (χ0v) is 17.0. The average molecular weight is 404 g/mol. The highest BCUT2D eigenvalue weighted by Crippen LogP contribution is 2.41. The SMILES string of the molecule is CN(C)c1ccc2c(c1)C(=O)c1cc(N3CC4=CNCC4C3)ccc1-2.Cl.Cl. The summed E-state index contributed by atoms with van der Waals surface area (Å²) in [5.74, 6) is 0.764. The zero-order chi connectivity index (χ0) is 17.1. The predicted molar refractivity (Wildman–Crippen MR) is 116 cm³/mol. The van der Waals surface area contributed by atoms with E-state index in [1.807, 2.05) is 25.1 Å². The average Bonchev–Trinajstić information content (AvgIpc) is 3.28. The lowest BCUT2D eigenvalue weighted by atomic mass is 10.0. The maximum atomic E-state index is 13.0. The molecule has 1 atom stereocenters. The molecule has 27 heavy (non-hydrogen) atoms. The zero-order valence-electron chi connectivity index (χ0n) is 15.4. The van der Waals surface area contributed by atoms with Gasteiger partial charge in [-0.25, -0.2) is 0 Å². The van der Waals surface area contributed by atoms with Crippen LogP contribution in [0.5, 0.6) is 0 Å². The molecule has 1 fully saturated rings. The number of rotatable bonds is 2. The maximum Gasteiger partial charge on any atom is 0.194 e. The summed E-state index contributed by atoms with van der Waals surface area (Å²) in [5.41, 5.74) is 7.48. The second kappa shape index (κ2) is 7.10. The third-order valence-electron chi connectivity index (χ3n) is 5.66. The largest absolute Gasteiger partial charge is 0.390 e. The van der Waals surface area contributed by atoms with Gasteiger partial charge in [-0.2, -0.15) is 0 Å². The highest BCUT2D eigenvalue weighted by Gasteiger charge is 2.32. The summed E-state index contributed by atoms with van der Waals surface area (Å²) < 4.78 is 0. The van der Waals surface area contributed by atoms with Crippen LogP contribution in [0.3, 0.4) is 0 Å². The molecule has 0 amide bonds. The number of nitrogens with one attached hydrogen (secondary N) is 1. The highest BCUT2D eigenvalue weighted by molar-refractivity contribution is 6.22. The van der Waals surface area contributed by atoms with Gasteiger partial charge in [0.2, 0.25) is 0 Å². The molecule has 3 aliphatic rings. The number of anilines is 2. The van der Waals surface area contributed by atoms with Crippen LogP contribution in [-0.4, -0.2) is 39.5 Å². The Hall–Kier alpha value is -2.17. The fourth-order valence-electron chi connectivity index (χ4n) is 4.22. The van der Waals surface area contributed by atoms with Gasteiger partial charge in [0.05, 0.1) is 0 Å². The Kier molecular flexibility index (Phi) is 5.15. The van der Waals surface area contributed by atoms with Crippen molar-refractivity contribution in [3.63, 3.8) is 0 Å². The molecule has 0 saturated carbocycles. The number of carbonyl (C=O) groups is 1.